The molecule has 0 aliphatic carbocycles. The molecule has 0 aliphatic rings. The molecule has 4 aromatic rings. The Balaban J connectivity index is 1.64. The van der Waals surface area contributed by atoms with Gasteiger partial charge in [0, 0.05) is 43.7 Å². The Morgan fingerprint density at radius 1 is 1.06 bits per heavy atom. The van der Waals surface area contributed by atoms with Crippen molar-refractivity contribution in [2.75, 3.05) is 19.0 Å². The highest BCUT2D eigenvalue weighted by molar-refractivity contribution is 5.83. The van der Waals surface area contributed by atoms with Gasteiger partial charge in [0.05, 0.1) is 18.2 Å². The molecule has 0 saturated carbocycles. The minimum atomic E-state index is -0.271. The number of aromatic amines is 1. The maximum atomic E-state index is 13.0. The third kappa shape index (κ3) is 4.97. The summed E-state index contributed by atoms with van der Waals surface area (Å²) in [5.41, 5.74) is 5.21. The number of fused-ring (bicyclic) bond motifs is 1. The Hall–Kier alpha value is -3.67. The van der Waals surface area contributed by atoms with Gasteiger partial charge in [0.15, 0.2) is 0 Å². The Kier molecular flexibility index (Phi) is 6.21. The molecule has 2 aromatic carbocycles. The fraction of sp³-hybridized carbons (Fsp3) is 0.269. The van der Waals surface area contributed by atoms with Crippen LogP contribution in [0.3, 0.4) is 0 Å². The van der Waals surface area contributed by atoms with Crippen molar-refractivity contribution in [2.45, 2.75) is 32.7 Å². The SMILES string of the molecule is Cc1ccc(CC(=O)NC(Cc2c[nH]c3ccccc23)c2cc(N(C)C)nc(C)n2)cc1. The topological polar surface area (TPSA) is 73.9 Å². The second-order valence-electron chi connectivity index (χ2n) is 8.44. The van der Waals surface area contributed by atoms with Gasteiger partial charge in [-0.05, 0) is 31.0 Å². The van der Waals surface area contributed by atoms with Crippen LogP contribution in [0.4, 0.5) is 5.82 Å². The summed E-state index contributed by atoms with van der Waals surface area (Å²) in [5, 5.41) is 4.39. The number of amides is 1. The van der Waals surface area contributed by atoms with E-state index in [0.29, 0.717) is 18.7 Å². The predicted molar refractivity (Wildman–Crippen MR) is 129 cm³/mol. The standard InChI is InChI=1S/C26H29N5O/c1-17-9-11-19(12-10-17)13-26(32)30-23(24-15-25(31(3)4)29-18(2)28-24)14-20-16-27-22-8-6-5-7-21(20)22/h5-12,15-16,23,27H,13-14H2,1-4H3,(H,30,32). The molecule has 0 spiro atoms. The number of nitrogens with zero attached hydrogens (tertiary/aromatic N) is 3. The van der Waals surface area contributed by atoms with E-state index >= 15 is 0 Å². The number of hydrogen-bond donors (Lipinski definition) is 2. The van der Waals surface area contributed by atoms with Crippen molar-refractivity contribution >= 4 is 22.6 Å². The van der Waals surface area contributed by atoms with Gasteiger partial charge < -0.3 is 15.2 Å². The number of hydrogen-bond acceptors (Lipinski definition) is 4. The van der Waals surface area contributed by atoms with Gasteiger partial charge in [0.2, 0.25) is 5.91 Å². The van der Waals surface area contributed by atoms with E-state index in [0.717, 1.165) is 33.5 Å². The lowest BCUT2D eigenvalue weighted by Crippen LogP contribution is -2.32. The first-order valence-corrected chi connectivity index (χ1v) is 10.8. The maximum Gasteiger partial charge on any atom is 0.224 e. The van der Waals surface area contributed by atoms with Crippen LogP contribution in [0.15, 0.2) is 60.8 Å². The molecule has 1 amide bonds. The lowest BCUT2D eigenvalue weighted by atomic mass is 10.0. The average Bonchev–Trinajstić information content (AvgIpc) is 3.17. The number of benzene rings is 2. The van der Waals surface area contributed by atoms with Gasteiger partial charge in [0.25, 0.3) is 0 Å². The van der Waals surface area contributed by atoms with Gasteiger partial charge in [-0.3, -0.25) is 4.79 Å². The Bertz CT molecular complexity index is 1230. The normalized spacial score (nSPS) is 12.0. The van der Waals surface area contributed by atoms with Crippen molar-refractivity contribution in [1.29, 1.82) is 0 Å². The van der Waals surface area contributed by atoms with Crippen molar-refractivity contribution in [2.24, 2.45) is 0 Å². The first-order valence-electron chi connectivity index (χ1n) is 10.8. The van der Waals surface area contributed by atoms with Crippen molar-refractivity contribution in [3.05, 3.63) is 89.0 Å². The summed E-state index contributed by atoms with van der Waals surface area (Å²) in [6.45, 7) is 3.92. The molecule has 0 aliphatic heterocycles. The van der Waals surface area contributed by atoms with Gasteiger partial charge in [-0.15, -0.1) is 0 Å². The number of para-hydroxylation sites is 1. The second kappa shape index (κ2) is 9.22. The van der Waals surface area contributed by atoms with Crippen molar-refractivity contribution in [1.82, 2.24) is 20.3 Å². The molecule has 0 bridgehead atoms. The van der Waals surface area contributed by atoms with Gasteiger partial charge >= 0.3 is 0 Å². The molecule has 4 rings (SSSR count). The van der Waals surface area contributed by atoms with Crippen LogP contribution in [0.2, 0.25) is 0 Å². The molecule has 2 aromatic heterocycles. The smallest absolute Gasteiger partial charge is 0.224 e. The molecule has 6 nitrogen and oxygen atoms in total. The highest BCUT2D eigenvalue weighted by Gasteiger charge is 2.20. The Morgan fingerprint density at radius 2 is 1.81 bits per heavy atom. The highest BCUT2D eigenvalue weighted by atomic mass is 16.1. The van der Waals surface area contributed by atoms with E-state index in [-0.39, 0.29) is 11.9 Å². The summed E-state index contributed by atoms with van der Waals surface area (Å²) in [6, 6.07) is 18.0. The summed E-state index contributed by atoms with van der Waals surface area (Å²) in [7, 11) is 3.91. The van der Waals surface area contributed by atoms with Crippen molar-refractivity contribution < 1.29 is 4.79 Å². The summed E-state index contributed by atoms with van der Waals surface area (Å²) in [4.78, 5) is 27.5. The maximum absolute atomic E-state index is 13.0. The minimum Gasteiger partial charge on any atom is -0.363 e. The molecular weight excluding hydrogens is 398 g/mol. The lowest BCUT2D eigenvalue weighted by Gasteiger charge is -2.21. The summed E-state index contributed by atoms with van der Waals surface area (Å²) in [5.74, 6) is 1.48. The number of carbonyl (C=O) groups excluding carboxylic acids is 1. The van der Waals surface area contributed by atoms with Gasteiger partial charge in [-0.25, -0.2) is 9.97 Å². The van der Waals surface area contributed by atoms with Crippen LogP contribution in [0.1, 0.15) is 34.3 Å². The number of nitrogens with one attached hydrogen (secondary N) is 2. The third-order valence-electron chi connectivity index (χ3n) is 5.58. The zero-order chi connectivity index (χ0) is 22.7. The molecule has 1 unspecified atom stereocenters. The van der Waals surface area contributed by atoms with Crippen LogP contribution >= 0.6 is 0 Å². The average molecular weight is 428 g/mol. The third-order valence-corrected chi connectivity index (χ3v) is 5.58. The molecule has 0 fully saturated rings. The van der Waals surface area contributed by atoms with Crippen molar-refractivity contribution in [3.8, 4) is 0 Å². The lowest BCUT2D eigenvalue weighted by molar-refractivity contribution is -0.121. The van der Waals surface area contributed by atoms with E-state index in [1.807, 2.05) is 81.5 Å². The quantitative estimate of drug-likeness (QED) is 0.462. The Morgan fingerprint density at radius 3 is 2.56 bits per heavy atom. The summed E-state index contributed by atoms with van der Waals surface area (Å²) >= 11 is 0. The summed E-state index contributed by atoms with van der Waals surface area (Å²) < 4.78 is 0. The molecule has 1 atom stereocenters. The van der Waals surface area contributed by atoms with Crippen LogP contribution in [0.25, 0.3) is 10.9 Å². The van der Waals surface area contributed by atoms with Crippen LogP contribution in [0.5, 0.6) is 0 Å². The first kappa shape index (κ1) is 21.6. The summed E-state index contributed by atoms with van der Waals surface area (Å²) in [6.07, 6.45) is 2.98. The van der Waals surface area contributed by atoms with E-state index in [1.165, 1.54) is 5.56 Å². The molecule has 2 heterocycles. The van der Waals surface area contributed by atoms with E-state index < -0.39 is 0 Å². The van der Waals surface area contributed by atoms with Crippen LogP contribution in [-0.2, 0) is 17.6 Å². The van der Waals surface area contributed by atoms with E-state index in [2.05, 4.69) is 32.4 Å². The highest BCUT2D eigenvalue weighted by Crippen LogP contribution is 2.25. The van der Waals surface area contributed by atoms with E-state index in [1.54, 1.807) is 0 Å². The molecule has 6 heteroatoms. The number of H-pyrrole nitrogens is 1. The first-order chi connectivity index (χ1) is 15.4. The second-order valence-corrected chi connectivity index (χ2v) is 8.44. The molecule has 0 radical (unpaired) electrons. The van der Waals surface area contributed by atoms with Crippen LogP contribution in [0, 0.1) is 13.8 Å². The molecule has 164 valence electrons. The fourth-order valence-corrected chi connectivity index (χ4v) is 3.87. The van der Waals surface area contributed by atoms with E-state index in [9.17, 15) is 4.79 Å². The minimum absolute atomic E-state index is 0.0265. The number of aromatic nitrogens is 3. The predicted octanol–water partition coefficient (Wildman–Crippen LogP) is 4.28. The molecule has 2 N–H and O–H groups in total. The molecule has 32 heavy (non-hydrogen) atoms. The van der Waals surface area contributed by atoms with Gasteiger partial charge in [-0.2, -0.15) is 0 Å². The zero-order valence-electron chi connectivity index (χ0n) is 19.0. The molecule has 0 saturated heterocycles. The van der Waals surface area contributed by atoms with Crippen molar-refractivity contribution in [3.63, 3.8) is 0 Å². The molecular formula is C26H29N5O. The largest absolute Gasteiger partial charge is 0.363 e. The van der Waals surface area contributed by atoms with E-state index in [4.69, 9.17) is 0 Å². The number of anilines is 1. The zero-order valence-corrected chi connectivity index (χ0v) is 19.0. The van der Waals surface area contributed by atoms with Gasteiger partial charge in [-0.1, -0.05) is 48.0 Å². The van der Waals surface area contributed by atoms with Gasteiger partial charge in [0.1, 0.15) is 11.6 Å². The van der Waals surface area contributed by atoms with Crippen LogP contribution in [-0.4, -0.2) is 35.0 Å². The van der Waals surface area contributed by atoms with Crippen LogP contribution < -0.4 is 10.2 Å². The monoisotopic (exact) mass is 427 g/mol. The number of aryl methyl sites for hydroxylation is 2. The number of rotatable bonds is 7. The number of carbonyl (C=O) groups is 1. The fourth-order valence-electron chi connectivity index (χ4n) is 3.87. The Labute approximate surface area is 188 Å².